The summed E-state index contributed by atoms with van der Waals surface area (Å²) in [7, 11) is 0. The molecule has 1 fully saturated rings. The third kappa shape index (κ3) is 3.57. The van der Waals surface area contributed by atoms with Gasteiger partial charge >= 0.3 is 0 Å². The van der Waals surface area contributed by atoms with Gasteiger partial charge in [-0.15, -0.1) is 0 Å². The van der Waals surface area contributed by atoms with Gasteiger partial charge in [0.05, 0.1) is 16.5 Å². The number of nitrogen functional groups attached to an aromatic ring is 1. The predicted octanol–water partition coefficient (Wildman–Crippen LogP) is 4.70. The number of rotatable bonds is 3. The first-order valence-corrected chi connectivity index (χ1v) is 11.1. The Morgan fingerprint density at radius 3 is 2.77 bits per heavy atom. The fourth-order valence-electron chi connectivity index (χ4n) is 3.95. The van der Waals surface area contributed by atoms with E-state index < -0.39 is 0 Å². The zero-order chi connectivity index (χ0) is 20.8. The third-order valence-electron chi connectivity index (χ3n) is 5.46. The number of nitrogens with zero attached hydrogens (tertiary/aromatic N) is 5. The van der Waals surface area contributed by atoms with E-state index in [0.29, 0.717) is 21.3 Å². The summed E-state index contributed by atoms with van der Waals surface area (Å²) in [5, 5.41) is 4.32. The molecule has 30 heavy (non-hydrogen) atoms. The normalized spacial score (nSPS) is 19.4. The molecule has 0 bridgehead atoms. The van der Waals surface area contributed by atoms with Crippen molar-refractivity contribution >= 4 is 72.8 Å². The molecule has 1 aromatic carbocycles. The first-order valence-electron chi connectivity index (χ1n) is 9.50. The number of thiazole rings is 1. The number of fused-ring (bicyclic) bond motifs is 2. The maximum absolute atomic E-state index is 12.8. The van der Waals surface area contributed by atoms with Crippen molar-refractivity contribution in [1.29, 1.82) is 0 Å². The van der Waals surface area contributed by atoms with Crippen LogP contribution in [0.1, 0.15) is 31.7 Å². The van der Waals surface area contributed by atoms with Crippen molar-refractivity contribution in [2.24, 2.45) is 5.92 Å². The zero-order valence-corrected chi connectivity index (χ0v) is 18.0. The van der Waals surface area contributed by atoms with Gasteiger partial charge in [-0.05, 0) is 55.5 Å². The lowest BCUT2D eigenvalue weighted by molar-refractivity contribution is -0.120. The van der Waals surface area contributed by atoms with Crippen LogP contribution in [-0.4, -0.2) is 30.4 Å². The van der Waals surface area contributed by atoms with Gasteiger partial charge in [-0.2, -0.15) is 9.97 Å². The molecule has 5 rings (SSSR count). The van der Waals surface area contributed by atoms with Crippen LogP contribution in [-0.2, 0) is 4.79 Å². The molecule has 1 amide bonds. The number of carbonyl (C=O) groups is 1. The van der Waals surface area contributed by atoms with Crippen molar-refractivity contribution in [2.45, 2.75) is 31.7 Å². The van der Waals surface area contributed by atoms with Gasteiger partial charge in [0.15, 0.2) is 16.6 Å². The van der Waals surface area contributed by atoms with Crippen LogP contribution in [0.2, 0.25) is 10.3 Å². The number of aromatic nitrogens is 5. The molecular formula is C19H17Cl2N7OS. The van der Waals surface area contributed by atoms with Crippen molar-refractivity contribution in [2.75, 3.05) is 11.1 Å². The summed E-state index contributed by atoms with van der Waals surface area (Å²) in [6.45, 7) is 0. The van der Waals surface area contributed by atoms with Crippen LogP contribution in [0.3, 0.4) is 0 Å². The molecule has 0 aliphatic heterocycles. The average molecular weight is 462 g/mol. The minimum atomic E-state index is -0.0603. The number of halogens is 2. The Labute approximate surface area is 185 Å². The molecular weight excluding hydrogens is 445 g/mol. The van der Waals surface area contributed by atoms with Gasteiger partial charge in [-0.3, -0.25) is 4.79 Å². The van der Waals surface area contributed by atoms with E-state index in [-0.39, 0.29) is 29.0 Å². The highest BCUT2D eigenvalue weighted by Gasteiger charge is 2.29. The molecule has 1 saturated carbocycles. The highest BCUT2D eigenvalue weighted by molar-refractivity contribution is 7.22. The fraction of sp³-hybridized carbons (Fsp3) is 0.316. The van der Waals surface area contributed by atoms with Gasteiger partial charge in [0, 0.05) is 17.0 Å². The van der Waals surface area contributed by atoms with Crippen LogP contribution >= 0.6 is 34.5 Å². The number of imidazole rings is 1. The molecule has 1 aliphatic carbocycles. The SMILES string of the molecule is Nc1nc(Cl)nc2c1ncn2[C@H]1CC[C@@H](C(=O)Nc2nc3ccc(Cl)cc3s2)CC1. The maximum Gasteiger partial charge on any atom is 0.229 e. The van der Waals surface area contributed by atoms with Gasteiger partial charge in [-0.25, -0.2) is 9.97 Å². The molecule has 8 nitrogen and oxygen atoms in total. The average Bonchev–Trinajstić information content (AvgIpc) is 3.31. The minimum Gasteiger partial charge on any atom is -0.382 e. The maximum atomic E-state index is 12.8. The number of benzene rings is 1. The highest BCUT2D eigenvalue weighted by atomic mass is 35.5. The summed E-state index contributed by atoms with van der Waals surface area (Å²) in [6.07, 6.45) is 4.92. The molecule has 0 radical (unpaired) electrons. The molecule has 0 unspecified atom stereocenters. The largest absolute Gasteiger partial charge is 0.382 e. The standard InChI is InChI=1S/C19H17Cl2N7OS/c20-10-3-6-12-13(7-10)30-19(24-12)27-17(29)9-1-4-11(5-2-9)28-8-23-14-15(22)25-18(21)26-16(14)28/h3,6-9,11H,1-2,4-5H2,(H2,22,25,26)(H,24,27,29)/t9-,11+. The molecule has 1 aliphatic rings. The number of nitrogens with two attached hydrogens (primary N) is 1. The molecule has 0 atom stereocenters. The van der Waals surface area contributed by atoms with Crippen LogP contribution in [0, 0.1) is 5.92 Å². The number of carbonyl (C=O) groups excluding carboxylic acids is 1. The van der Waals surface area contributed by atoms with Gasteiger partial charge in [0.2, 0.25) is 11.2 Å². The fourth-order valence-corrected chi connectivity index (χ4v) is 5.27. The quantitative estimate of drug-likeness (QED) is 0.427. The third-order valence-corrected chi connectivity index (χ3v) is 6.80. The highest BCUT2D eigenvalue weighted by Crippen LogP contribution is 2.35. The Balaban J connectivity index is 1.27. The van der Waals surface area contributed by atoms with Crippen LogP contribution in [0.25, 0.3) is 21.4 Å². The van der Waals surface area contributed by atoms with E-state index in [4.69, 9.17) is 28.9 Å². The Morgan fingerprint density at radius 2 is 1.97 bits per heavy atom. The summed E-state index contributed by atoms with van der Waals surface area (Å²) in [5.74, 6) is 0.215. The Kier molecular flexibility index (Phi) is 4.96. The Morgan fingerprint density at radius 1 is 1.17 bits per heavy atom. The number of nitrogens with one attached hydrogen (secondary N) is 1. The predicted molar refractivity (Wildman–Crippen MR) is 119 cm³/mol. The van der Waals surface area contributed by atoms with E-state index in [2.05, 4.69) is 25.3 Å². The van der Waals surface area contributed by atoms with Crippen LogP contribution < -0.4 is 11.1 Å². The number of amides is 1. The van der Waals surface area contributed by atoms with Crippen LogP contribution in [0.5, 0.6) is 0 Å². The van der Waals surface area contributed by atoms with Gasteiger partial charge < -0.3 is 15.6 Å². The lowest BCUT2D eigenvalue weighted by Crippen LogP contribution is -2.28. The zero-order valence-electron chi connectivity index (χ0n) is 15.7. The van der Waals surface area contributed by atoms with E-state index in [1.807, 2.05) is 16.7 Å². The van der Waals surface area contributed by atoms with Crippen molar-refractivity contribution in [3.8, 4) is 0 Å². The molecule has 11 heteroatoms. The molecule has 0 saturated heterocycles. The monoisotopic (exact) mass is 461 g/mol. The second kappa shape index (κ2) is 7.64. The smallest absolute Gasteiger partial charge is 0.229 e. The second-order valence-electron chi connectivity index (χ2n) is 7.33. The molecule has 4 aromatic rings. The van der Waals surface area contributed by atoms with Crippen LogP contribution in [0.15, 0.2) is 24.5 Å². The van der Waals surface area contributed by atoms with E-state index in [1.54, 1.807) is 12.4 Å². The lowest BCUT2D eigenvalue weighted by Gasteiger charge is -2.28. The number of hydrogen-bond donors (Lipinski definition) is 2. The van der Waals surface area contributed by atoms with Crippen molar-refractivity contribution in [1.82, 2.24) is 24.5 Å². The first-order chi connectivity index (χ1) is 14.5. The van der Waals surface area contributed by atoms with Crippen molar-refractivity contribution < 1.29 is 4.79 Å². The summed E-state index contributed by atoms with van der Waals surface area (Å²) in [5.41, 5.74) is 7.91. The molecule has 154 valence electrons. The van der Waals surface area contributed by atoms with Gasteiger partial charge in [0.1, 0.15) is 5.52 Å². The van der Waals surface area contributed by atoms with Gasteiger partial charge in [-0.1, -0.05) is 22.9 Å². The topological polar surface area (TPSA) is 112 Å². The first kappa shape index (κ1) is 19.5. The lowest BCUT2D eigenvalue weighted by atomic mass is 9.85. The summed E-state index contributed by atoms with van der Waals surface area (Å²) >= 11 is 13.4. The van der Waals surface area contributed by atoms with Crippen molar-refractivity contribution in [3.63, 3.8) is 0 Å². The molecule has 3 aromatic heterocycles. The van der Waals surface area contributed by atoms with E-state index >= 15 is 0 Å². The minimum absolute atomic E-state index is 0.00343. The van der Waals surface area contributed by atoms with E-state index in [9.17, 15) is 4.79 Å². The second-order valence-corrected chi connectivity index (χ2v) is 9.13. The van der Waals surface area contributed by atoms with Crippen LogP contribution in [0.4, 0.5) is 10.9 Å². The summed E-state index contributed by atoms with van der Waals surface area (Å²) in [4.78, 5) is 29.8. The Bertz CT molecular complexity index is 1260. The van der Waals surface area contributed by atoms with Crippen molar-refractivity contribution in [3.05, 3.63) is 34.8 Å². The number of hydrogen-bond acceptors (Lipinski definition) is 7. The summed E-state index contributed by atoms with van der Waals surface area (Å²) < 4.78 is 2.94. The Hall–Kier alpha value is -2.49. The molecule has 3 N–H and O–H groups in total. The van der Waals surface area contributed by atoms with E-state index in [1.165, 1.54) is 11.3 Å². The number of anilines is 2. The summed E-state index contributed by atoms with van der Waals surface area (Å²) in [6, 6.07) is 5.69. The molecule has 0 spiro atoms. The molecule has 3 heterocycles. The van der Waals surface area contributed by atoms with Gasteiger partial charge in [0.25, 0.3) is 0 Å². The van der Waals surface area contributed by atoms with E-state index in [0.717, 1.165) is 35.9 Å².